The van der Waals surface area contributed by atoms with Crippen LogP contribution in [0, 0.1) is 0 Å². The lowest BCUT2D eigenvalue weighted by Crippen LogP contribution is -2.39. The van der Waals surface area contributed by atoms with E-state index in [1.54, 1.807) is 53.4 Å². The number of hydrogen-bond donors (Lipinski definition) is 0. The van der Waals surface area contributed by atoms with Crippen molar-refractivity contribution in [3.8, 4) is 11.6 Å². The van der Waals surface area contributed by atoms with Gasteiger partial charge < -0.3 is 5.11 Å². The smallest absolute Gasteiger partial charge is 0.327 e. The van der Waals surface area contributed by atoms with Gasteiger partial charge in [-0.1, -0.05) is 61.0 Å². The summed E-state index contributed by atoms with van der Waals surface area (Å²) in [5, 5.41) is 18.6. The first-order chi connectivity index (χ1) is 17.0. The fraction of sp³-hybridized carbons (Fsp3) is 0.111. The summed E-state index contributed by atoms with van der Waals surface area (Å²) in [6.07, 6.45) is 3.77. The Labute approximate surface area is 207 Å². The highest BCUT2D eigenvalue weighted by atomic mass is 35.5. The average molecular weight is 485 g/mol. The van der Waals surface area contributed by atoms with E-state index in [0.29, 0.717) is 22.8 Å². The molecule has 0 spiro atoms. The van der Waals surface area contributed by atoms with E-state index < -0.39 is 17.7 Å². The molecule has 0 saturated carbocycles. The molecule has 0 radical (unpaired) electrons. The number of pyridine rings is 1. The van der Waals surface area contributed by atoms with Crippen LogP contribution in [0.15, 0.2) is 85.2 Å². The lowest BCUT2D eigenvalue weighted by Gasteiger charge is -2.15. The minimum atomic E-state index is -0.525. The molecule has 2 amide bonds. The molecule has 8 heteroatoms. The van der Waals surface area contributed by atoms with Gasteiger partial charge >= 0.3 is 5.91 Å². The molecule has 0 saturated heterocycles. The molecule has 35 heavy (non-hydrogen) atoms. The molecule has 2 aromatic carbocycles. The van der Waals surface area contributed by atoms with Crippen LogP contribution in [0.25, 0.3) is 17.0 Å². The molecular formula is C27H21ClN4O3. The Morgan fingerprint density at radius 1 is 0.943 bits per heavy atom. The van der Waals surface area contributed by atoms with Gasteiger partial charge in [0.15, 0.2) is 12.4 Å². The van der Waals surface area contributed by atoms with Crippen molar-refractivity contribution in [2.24, 2.45) is 0 Å². The average Bonchev–Trinajstić information content (AvgIpc) is 3.33. The Hall–Kier alpha value is -4.23. The molecule has 1 aliphatic heterocycles. The Kier molecular flexibility index (Phi) is 5.93. The van der Waals surface area contributed by atoms with Gasteiger partial charge in [0.1, 0.15) is 5.57 Å². The van der Waals surface area contributed by atoms with Gasteiger partial charge in [-0.25, -0.2) is 4.68 Å². The maximum atomic E-state index is 13.8. The Bertz CT molecular complexity index is 1460. The largest absolute Gasteiger partial charge is 0.858 e. The zero-order chi connectivity index (χ0) is 24.5. The minimum absolute atomic E-state index is 0.0530. The van der Waals surface area contributed by atoms with Crippen molar-refractivity contribution in [2.75, 3.05) is 0 Å². The van der Waals surface area contributed by atoms with Crippen molar-refractivity contribution in [2.45, 2.75) is 19.9 Å². The van der Waals surface area contributed by atoms with Crippen LogP contribution in [0.5, 0.6) is 5.88 Å². The molecule has 174 valence electrons. The highest BCUT2D eigenvalue weighted by molar-refractivity contribution is 6.44. The number of amides is 2. The lowest BCUT2D eigenvalue weighted by atomic mass is 10.0. The number of benzene rings is 2. The maximum Gasteiger partial charge on any atom is 0.327 e. The second kappa shape index (κ2) is 9.19. The van der Waals surface area contributed by atoms with Crippen molar-refractivity contribution in [1.82, 2.24) is 14.7 Å². The van der Waals surface area contributed by atoms with Crippen LogP contribution < -0.4 is 9.67 Å². The number of aryl methyl sites for hydroxylation is 1. The predicted molar refractivity (Wildman–Crippen MR) is 129 cm³/mol. The first-order valence-corrected chi connectivity index (χ1v) is 11.5. The molecule has 0 N–H and O–H groups in total. The predicted octanol–water partition coefficient (Wildman–Crippen LogP) is 3.39. The number of halogens is 1. The number of rotatable bonds is 6. The van der Waals surface area contributed by atoms with Crippen LogP contribution in [0.1, 0.15) is 23.7 Å². The molecular weight excluding hydrogens is 464 g/mol. The third kappa shape index (κ3) is 4.00. The van der Waals surface area contributed by atoms with E-state index in [-0.39, 0.29) is 23.4 Å². The highest BCUT2D eigenvalue weighted by Gasteiger charge is 2.46. The normalized spacial score (nSPS) is 13.7. The summed E-state index contributed by atoms with van der Waals surface area (Å²) in [6, 6.07) is 21.4. The monoisotopic (exact) mass is 484 g/mol. The van der Waals surface area contributed by atoms with Gasteiger partial charge in [0.2, 0.25) is 0 Å². The van der Waals surface area contributed by atoms with Crippen molar-refractivity contribution in [1.29, 1.82) is 0 Å². The van der Waals surface area contributed by atoms with Gasteiger partial charge in [0, 0.05) is 22.7 Å². The standard InChI is InChI=1S/C27H21ClN4O3/c1-2-21-22(26(34)32(29-21)20-13-9-12-19(28)16-20)23-24(30-14-7-4-8-15-30)27(35)31(25(23)33)17-18-10-5-3-6-11-18/h3-16H,2,17H2,1H3. The summed E-state index contributed by atoms with van der Waals surface area (Å²) >= 11 is 6.14. The third-order valence-corrected chi connectivity index (χ3v) is 6.09. The molecule has 0 bridgehead atoms. The van der Waals surface area contributed by atoms with Crippen LogP contribution in [0.2, 0.25) is 5.02 Å². The summed E-state index contributed by atoms with van der Waals surface area (Å²) in [7, 11) is 0. The summed E-state index contributed by atoms with van der Waals surface area (Å²) in [5.74, 6) is -1.47. The Morgan fingerprint density at radius 2 is 1.66 bits per heavy atom. The second-order valence-corrected chi connectivity index (χ2v) is 8.50. The quantitative estimate of drug-likeness (QED) is 0.310. The molecule has 0 fully saturated rings. The van der Waals surface area contributed by atoms with Crippen LogP contribution in [0.3, 0.4) is 0 Å². The van der Waals surface area contributed by atoms with E-state index >= 15 is 0 Å². The van der Waals surface area contributed by atoms with Gasteiger partial charge in [-0.05, 0) is 36.1 Å². The first kappa shape index (κ1) is 22.6. The summed E-state index contributed by atoms with van der Waals surface area (Å²) in [5.41, 5.74) is 2.03. The van der Waals surface area contributed by atoms with E-state index in [1.807, 2.05) is 43.3 Å². The summed E-state index contributed by atoms with van der Waals surface area (Å²) in [6.45, 7) is 1.95. The van der Waals surface area contributed by atoms with Crippen molar-refractivity contribution in [3.63, 3.8) is 0 Å². The number of nitrogens with zero attached hydrogens (tertiary/aromatic N) is 4. The number of aromatic nitrogens is 3. The van der Waals surface area contributed by atoms with Crippen LogP contribution in [0.4, 0.5) is 0 Å². The first-order valence-electron chi connectivity index (χ1n) is 11.2. The lowest BCUT2D eigenvalue weighted by molar-refractivity contribution is -0.576. The number of carbonyl (C=O) groups excluding carboxylic acids is 2. The van der Waals surface area contributed by atoms with Gasteiger partial charge in [-0.3, -0.25) is 14.5 Å². The highest BCUT2D eigenvalue weighted by Crippen LogP contribution is 2.37. The molecule has 7 nitrogen and oxygen atoms in total. The van der Waals surface area contributed by atoms with Crippen LogP contribution >= 0.6 is 11.6 Å². The number of hydrogen-bond acceptors (Lipinski definition) is 4. The van der Waals surface area contributed by atoms with Crippen molar-refractivity contribution < 1.29 is 19.3 Å². The molecule has 3 heterocycles. The molecule has 0 aliphatic carbocycles. The van der Waals surface area contributed by atoms with E-state index in [4.69, 9.17) is 11.6 Å². The summed E-state index contributed by atoms with van der Waals surface area (Å²) in [4.78, 5) is 28.6. The SMILES string of the molecule is CCc1nn(-c2cccc(Cl)c2)c([O-])c1C1=C([n+]2ccccc2)C(=O)N(Cc2ccccc2)C1=O. The second-order valence-electron chi connectivity index (χ2n) is 8.06. The van der Waals surface area contributed by atoms with E-state index in [9.17, 15) is 14.7 Å². The Morgan fingerprint density at radius 3 is 2.34 bits per heavy atom. The van der Waals surface area contributed by atoms with Crippen LogP contribution in [-0.2, 0) is 22.6 Å². The number of carbonyl (C=O) groups is 2. The van der Waals surface area contributed by atoms with Gasteiger partial charge in [-0.15, -0.1) is 0 Å². The molecule has 5 rings (SSSR count). The molecule has 0 atom stereocenters. The van der Waals surface area contributed by atoms with Crippen LogP contribution in [-0.4, -0.2) is 26.5 Å². The molecule has 0 unspecified atom stereocenters. The molecule has 4 aromatic rings. The third-order valence-electron chi connectivity index (χ3n) is 5.85. The maximum absolute atomic E-state index is 13.8. The van der Waals surface area contributed by atoms with E-state index in [1.165, 1.54) is 9.58 Å². The Balaban J connectivity index is 1.70. The topological polar surface area (TPSA) is 82.1 Å². The van der Waals surface area contributed by atoms with Gasteiger partial charge in [-0.2, -0.15) is 9.67 Å². The zero-order valence-corrected chi connectivity index (χ0v) is 19.6. The number of imide groups is 1. The summed E-state index contributed by atoms with van der Waals surface area (Å²) < 4.78 is 2.81. The molecule has 2 aromatic heterocycles. The molecule has 1 aliphatic rings. The fourth-order valence-corrected chi connectivity index (χ4v) is 4.40. The fourth-order valence-electron chi connectivity index (χ4n) is 4.21. The van der Waals surface area contributed by atoms with Gasteiger partial charge in [0.25, 0.3) is 11.6 Å². The van der Waals surface area contributed by atoms with E-state index in [0.717, 1.165) is 5.56 Å². The zero-order valence-electron chi connectivity index (χ0n) is 18.9. The van der Waals surface area contributed by atoms with E-state index in [2.05, 4.69) is 5.10 Å². The van der Waals surface area contributed by atoms with Crippen molar-refractivity contribution >= 4 is 34.7 Å². The minimum Gasteiger partial charge on any atom is -0.858 e. The van der Waals surface area contributed by atoms with Crippen molar-refractivity contribution in [3.05, 3.63) is 107 Å². The van der Waals surface area contributed by atoms with Gasteiger partial charge in [0.05, 0.1) is 17.9 Å².